The Morgan fingerprint density at radius 2 is 1.88 bits per heavy atom. The molecule has 1 atom stereocenters. The largest absolute Gasteiger partial charge is 0.480 e. The van der Waals surface area contributed by atoms with Crippen molar-refractivity contribution in [2.75, 3.05) is 6.26 Å². The van der Waals surface area contributed by atoms with Crippen LogP contribution in [-0.4, -0.2) is 31.8 Å². The molecule has 0 radical (unpaired) electrons. The van der Waals surface area contributed by atoms with Crippen molar-refractivity contribution >= 4 is 15.8 Å². The standard InChI is InChI=1S/C10H13NO4S/c1-16(14,15)8-4-2-7(3-5-8)6-9(11)10(12)13/h2-5,9H,6,11H2,1H3,(H,12,13)/t9-/m0/s1. The Kier molecular flexibility index (Phi) is 3.66. The van der Waals surface area contributed by atoms with Crippen molar-refractivity contribution in [1.29, 1.82) is 0 Å². The lowest BCUT2D eigenvalue weighted by Gasteiger charge is -2.06. The third-order valence-electron chi connectivity index (χ3n) is 2.12. The molecule has 0 spiro atoms. The fourth-order valence-electron chi connectivity index (χ4n) is 1.21. The van der Waals surface area contributed by atoms with Crippen molar-refractivity contribution in [2.45, 2.75) is 17.4 Å². The third-order valence-corrected chi connectivity index (χ3v) is 3.25. The van der Waals surface area contributed by atoms with Crippen molar-refractivity contribution in [3.63, 3.8) is 0 Å². The molecule has 0 aromatic heterocycles. The van der Waals surface area contributed by atoms with Crippen LogP contribution in [0.2, 0.25) is 0 Å². The van der Waals surface area contributed by atoms with Crippen LogP contribution in [-0.2, 0) is 21.1 Å². The molecule has 0 aliphatic carbocycles. The van der Waals surface area contributed by atoms with E-state index in [1.54, 1.807) is 12.1 Å². The molecule has 1 aromatic rings. The molecule has 5 nitrogen and oxygen atoms in total. The van der Waals surface area contributed by atoms with E-state index in [0.29, 0.717) is 5.56 Å². The summed E-state index contributed by atoms with van der Waals surface area (Å²) in [6, 6.07) is 5.06. The molecule has 0 bridgehead atoms. The summed E-state index contributed by atoms with van der Waals surface area (Å²) < 4.78 is 22.3. The number of rotatable bonds is 4. The van der Waals surface area contributed by atoms with Gasteiger partial charge in [-0.1, -0.05) is 12.1 Å². The van der Waals surface area contributed by atoms with E-state index in [0.717, 1.165) is 6.26 Å². The van der Waals surface area contributed by atoms with Crippen LogP contribution < -0.4 is 5.73 Å². The number of hydrogen-bond donors (Lipinski definition) is 2. The molecule has 0 heterocycles. The van der Waals surface area contributed by atoms with Crippen LogP contribution in [0.25, 0.3) is 0 Å². The molecule has 1 aromatic carbocycles. The second-order valence-electron chi connectivity index (χ2n) is 3.56. The van der Waals surface area contributed by atoms with E-state index >= 15 is 0 Å². The van der Waals surface area contributed by atoms with Gasteiger partial charge in [0.1, 0.15) is 6.04 Å². The molecule has 0 unspecified atom stereocenters. The molecular formula is C10H13NO4S. The van der Waals surface area contributed by atoms with E-state index in [-0.39, 0.29) is 11.3 Å². The molecule has 0 aliphatic rings. The maximum absolute atomic E-state index is 11.2. The van der Waals surface area contributed by atoms with Crippen molar-refractivity contribution in [3.05, 3.63) is 29.8 Å². The summed E-state index contributed by atoms with van der Waals surface area (Å²) in [5, 5.41) is 8.61. The van der Waals surface area contributed by atoms with Crippen LogP contribution in [0.3, 0.4) is 0 Å². The molecule has 88 valence electrons. The highest BCUT2D eigenvalue weighted by atomic mass is 32.2. The number of hydrogen-bond acceptors (Lipinski definition) is 4. The second kappa shape index (κ2) is 4.63. The van der Waals surface area contributed by atoms with E-state index in [9.17, 15) is 13.2 Å². The van der Waals surface area contributed by atoms with Crippen LogP contribution in [0.4, 0.5) is 0 Å². The Bertz CT molecular complexity index is 478. The zero-order valence-electron chi connectivity index (χ0n) is 8.75. The zero-order chi connectivity index (χ0) is 12.3. The first kappa shape index (κ1) is 12.7. The quantitative estimate of drug-likeness (QED) is 0.778. The van der Waals surface area contributed by atoms with E-state index in [1.807, 2.05) is 0 Å². The topological polar surface area (TPSA) is 97.5 Å². The van der Waals surface area contributed by atoms with Gasteiger partial charge in [-0.3, -0.25) is 4.79 Å². The smallest absolute Gasteiger partial charge is 0.320 e. The van der Waals surface area contributed by atoms with Gasteiger partial charge in [0.05, 0.1) is 4.90 Å². The predicted octanol–water partition coefficient (Wildman–Crippen LogP) is 0.0445. The Morgan fingerprint density at radius 3 is 2.25 bits per heavy atom. The van der Waals surface area contributed by atoms with Gasteiger partial charge < -0.3 is 10.8 Å². The maximum Gasteiger partial charge on any atom is 0.320 e. The lowest BCUT2D eigenvalue weighted by atomic mass is 10.1. The summed E-state index contributed by atoms with van der Waals surface area (Å²) >= 11 is 0. The van der Waals surface area contributed by atoms with Gasteiger partial charge in [0, 0.05) is 6.26 Å². The molecule has 3 N–H and O–H groups in total. The number of sulfone groups is 1. The van der Waals surface area contributed by atoms with Gasteiger partial charge >= 0.3 is 5.97 Å². The summed E-state index contributed by atoms with van der Waals surface area (Å²) in [7, 11) is -3.21. The van der Waals surface area contributed by atoms with E-state index in [4.69, 9.17) is 10.8 Å². The number of carboxylic acid groups (broad SMARTS) is 1. The fourth-order valence-corrected chi connectivity index (χ4v) is 1.84. The monoisotopic (exact) mass is 243 g/mol. The van der Waals surface area contributed by atoms with Crippen molar-refractivity contribution in [1.82, 2.24) is 0 Å². The normalized spacial score (nSPS) is 13.4. The van der Waals surface area contributed by atoms with Crippen LogP contribution in [0.15, 0.2) is 29.2 Å². The minimum absolute atomic E-state index is 0.180. The van der Waals surface area contributed by atoms with Gasteiger partial charge in [-0.15, -0.1) is 0 Å². The minimum Gasteiger partial charge on any atom is -0.480 e. The molecule has 0 saturated carbocycles. The minimum atomic E-state index is -3.21. The maximum atomic E-state index is 11.2. The highest BCUT2D eigenvalue weighted by Gasteiger charge is 2.12. The van der Waals surface area contributed by atoms with Gasteiger partial charge in [0.15, 0.2) is 9.84 Å². The van der Waals surface area contributed by atoms with Crippen molar-refractivity contribution in [3.8, 4) is 0 Å². The number of aliphatic carboxylic acids is 1. The lowest BCUT2D eigenvalue weighted by Crippen LogP contribution is -2.32. The van der Waals surface area contributed by atoms with E-state index < -0.39 is 21.8 Å². The highest BCUT2D eigenvalue weighted by molar-refractivity contribution is 7.90. The molecule has 0 amide bonds. The predicted molar refractivity (Wildman–Crippen MR) is 58.9 cm³/mol. The Hall–Kier alpha value is -1.40. The molecule has 1 rings (SSSR count). The number of carbonyl (C=O) groups is 1. The highest BCUT2D eigenvalue weighted by Crippen LogP contribution is 2.11. The third kappa shape index (κ3) is 3.32. The number of carboxylic acids is 1. The first-order chi connectivity index (χ1) is 7.30. The Balaban J connectivity index is 2.84. The molecule has 6 heteroatoms. The van der Waals surface area contributed by atoms with Crippen molar-refractivity contribution < 1.29 is 18.3 Å². The summed E-state index contributed by atoms with van der Waals surface area (Å²) in [5.74, 6) is -1.08. The lowest BCUT2D eigenvalue weighted by molar-refractivity contribution is -0.138. The Morgan fingerprint density at radius 1 is 1.38 bits per heavy atom. The van der Waals surface area contributed by atoms with Gasteiger partial charge in [-0.05, 0) is 24.1 Å². The van der Waals surface area contributed by atoms with Crippen LogP contribution in [0.5, 0.6) is 0 Å². The zero-order valence-corrected chi connectivity index (χ0v) is 9.57. The van der Waals surface area contributed by atoms with Crippen LogP contribution in [0, 0.1) is 0 Å². The van der Waals surface area contributed by atoms with Gasteiger partial charge in [-0.25, -0.2) is 8.42 Å². The average molecular weight is 243 g/mol. The number of nitrogens with two attached hydrogens (primary N) is 1. The van der Waals surface area contributed by atoms with Gasteiger partial charge in [-0.2, -0.15) is 0 Å². The molecule has 0 saturated heterocycles. The molecule has 0 fully saturated rings. The van der Waals surface area contributed by atoms with E-state index in [1.165, 1.54) is 12.1 Å². The SMILES string of the molecule is CS(=O)(=O)c1ccc(C[C@H](N)C(=O)O)cc1. The van der Waals surface area contributed by atoms with Crippen LogP contribution >= 0.6 is 0 Å². The summed E-state index contributed by atoms with van der Waals surface area (Å²) in [4.78, 5) is 10.7. The van der Waals surface area contributed by atoms with Gasteiger partial charge in [0.25, 0.3) is 0 Å². The summed E-state index contributed by atoms with van der Waals surface area (Å²) in [6.07, 6.45) is 1.30. The molecule has 16 heavy (non-hydrogen) atoms. The first-order valence-corrected chi connectivity index (χ1v) is 6.47. The van der Waals surface area contributed by atoms with E-state index in [2.05, 4.69) is 0 Å². The first-order valence-electron chi connectivity index (χ1n) is 4.58. The Labute approximate surface area is 93.8 Å². The number of benzene rings is 1. The fraction of sp³-hybridized carbons (Fsp3) is 0.300. The summed E-state index contributed by atoms with van der Waals surface area (Å²) in [5.41, 5.74) is 6.05. The van der Waals surface area contributed by atoms with Gasteiger partial charge in [0.2, 0.25) is 0 Å². The molecule has 0 aliphatic heterocycles. The summed E-state index contributed by atoms with van der Waals surface area (Å²) in [6.45, 7) is 0. The van der Waals surface area contributed by atoms with Crippen molar-refractivity contribution in [2.24, 2.45) is 5.73 Å². The van der Waals surface area contributed by atoms with Crippen LogP contribution in [0.1, 0.15) is 5.56 Å². The second-order valence-corrected chi connectivity index (χ2v) is 5.58. The molecular weight excluding hydrogens is 230 g/mol. The average Bonchev–Trinajstić information content (AvgIpc) is 2.17.